The number of ether oxygens (including phenoxy) is 1. The van der Waals surface area contributed by atoms with Gasteiger partial charge in [-0.3, -0.25) is 29.5 Å². The molecule has 320 valence electrons. The quantitative estimate of drug-likeness (QED) is 0.0844. The van der Waals surface area contributed by atoms with Gasteiger partial charge in [-0.25, -0.2) is 4.39 Å². The second-order valence-electron chi connectivity index (χ2n) is 16.2. The van der Waals surface area contributed by atoms with E-state index in [0.29, 0.717) is 48.9 Å². The molecule has 1 saturated carbocycles. The average molecular weight is 997 g/mol. The molecule has 16 heteroatoms. The highest BCUT2D eigenvalue weighted by atomic mass is 79.9. The van der Waals surface area contributed by atoms with Crippen molar-refractivity contribution in [1.82, 2.24) is 5.01 Å². The van der Waals surface area contributed by atoms with Gasteiger partial charge in [-0.2, -0.15) is 15.2 Å². The summed E-state index contributed by atoms with van der Waals surface area (Å²) < 4.78 is 20.3. The summed E-state index contributed by atoms with van der Waals surface area (Å²) in [4.78, 5) is 63.1. The SMILES string of the molecule is COc1cc([C@H]2C3=CC[C@@H]4C(=O)N(c5ccc(N=Nc6ccc(N(C)C)cc6)cc5)C(=O)[C@@H]4[C@@H]3C[C@H]3C(=O)N(Nc4ccc(F)cc4)C(=O)[C@@]23c2ccc(Cl)cc2)c(Br)c(Br)c1O. The van der Waals surface area contributed by atoms with Gasteiger partial charge in [-0.15, -0.1) is 0 Å². The molecule has 63 heavy (non-hydrogen) atoms. The number of hydrazine groups is 1. The van der Waals surface area contributed by atoms with Crippen molar-refractivity contribution in [2.75, 3.05) is 36.4 Å². The number of fused-ring (bicyclic) bond motifs is 4. The number of phenols is 1. The molecule has 4 aliphatic rings. The van der Waals surface area contributed by atoms with E-state index in [2.05, 4.69) is 47.5 Å². The number of halogens is 4. The smallest absolute Gasteiger partial charge is 0.260 e. The second kappa shape index (κ2) is 16.3. The Bertz CT molecular complexity index is 2750. The van der Waals surface area contributed by atoms with Gasteiger partial charge in [-0.05, 0) is 153 Å². The maximum Gasteiger partial charge on any atom is 0.260 e. The van der Waals surface area contributed by atoms with E-state index in [9.17, 15) is 19.1 Å². The highest BCUT2D eigenvalue weighted by Gasteiger charge is 2.70. The van der Waals surface area contributed by atoms with Gasteiger partial charge in [0.15, 0.2) is 11.5 Å². The number of rotatable bonds is 9. The van der Waals surface area contributed by atoms with Gasteiger partial charge in [0.2, 0.25) is 11.8 Å². The number of phenolic OH excluding ortho intramolecular Hbond substituents is 1. The third kappa shape index (κ3) is 6.91. The molecule has 5 aromatic rings. The van der Waals surface area contributed by atoms with Gasteiger partial charge < -0.3 is 14.7 Å². The standard InChI is InChI=1S/C47H38Br2ClFN6O6/c1-55(2)30-16-12-27(13-17-30)52-53-28-14-18-31(19-15-28)56-43(59)33-21-20-32-34(38(33)45(56)61)22-36-44(60)57(54-29-10-8-26(51)9-11-29)46(62)47(36,24-4-6-25(50)7-5-24)39(32)35-23-37(63-3)42(58)41(49)40(35)48/h4-20,23,33-34,36,38-39,54,58H,21-22H2,1-3H3/t33-,34+,36-,38-,39+,47+/m0/s1. The van der Waals surface area contributed by atoms with E-state index < -0.39 is 58.5 Å². The van der Waals surface area contributed by atoms with Gasteiger partial charge in [0.05, 0.1) is 57.5 Å². The van der Waals surface area contributed by atoms with Crippen molar-refractivity contribution in [1.29, 1.82) is 0 Å². The molecule has 0 spiro atoms. The Labute approximate surface area is 383 Å². The minimum absolute atomic E-state index is 0.0357. The lowest BCUT2D eigenvalue weighted by molar-refractivity contribution is -0.138. The molecule has 0 unspecified atom stereocenters. The summed E-state index contributed by atoms with van der Waals surface area (Å²) in [5.74, 6) is -6.90. The number of nitrogens with zero attached hydrogens (tertiary/aromatic N) is 5. The Balaban J connectivity index is 1.14. The number of azo groups is 1. The van der Waals surface area contributed by atoms with Crippen LogP contribution in [0.2, 0.25) is 5.02 Å². The van der Waals surface area contributed by atoms with E-state index in [1.54, 1.807) is 54.6 Å². The first-order valence-electron chi connectivity index (χ1n) is 20.0. The minimum atomic E-state index is -1.65. The summed E-state index contributed by atoms with van der Waals surface area (Å²) in [6, 6.07) is 27.9. The third-order valence-corrected chi connectivity index (χ3v) is 15.1. The molecule has 2 aliphatic heterocycles. The van der Waals surface area contributed by atoms with Crippen LogP contribution < -0.4 is 20.0 Å². The maximum atomic E-state index is 15.5. The lowest BCUT2D eigenvalue weighted by Crippen LogP contribution is -2.53. The zero-order valence-electron chi connectivity index (χ0n) is 33.9. The number of imide groups is 2. The Kier molecular flexibility index (Phi) is 11.0. The summed E-state index contributed by atoms with van der Waals surface area (Å²) in [5.41, 5.74) is 5.83. The molecular formula is C47H38Br2ClFN6O6. The molecular weight excluding hydrogens is 959 g/mol. The lowest BCUT2D eigenvalue weighted by Gasteiger charge is -2.51. The van der Waals surface area contributed by atoms with Crippen LogP contribution in [0.25, 0.3) is 0 Å². The van der Waals surface area contributed by atoms with Gasteiger partial charge >= 0.3 is 0 Å². The number of anilines is 3. The molecule has 5 aromatic carbocycles. The van der Waals surface area contributed by atoms with Crippen LogP contribution in [0.5, 0.6) is 11.5 Å². The molecule has 9 rings (SSSR count). The van der Waals surface area contributed by atoms with Crippen LogP contribution >= 0.6 is 43.5 Å². The second-order valence-corrected chi connectivity index (χ2v) is 18.2. The van der Waals surface area contributed by atoms with Crippen LogP contribution in [0.1, 0.15) is 29.9 Å². The Morgan fingerprint density at radius 1 is 0.841 bits per heavy atom. The molecule has 0 aromatic heterocycles. The normalized spacial score (nSPS) is 24.0. The van der Waals surface area contributed by atoms with Crippen molar-refractivity contribution >= 4 is 95.5 Å². The van der Waals surface area contributed by atoms with Gasteiger partial charge in [0.1, 0.15) is 5.82 Å². The topological polar surface area (TPSA) is 144 Å². The predicted octanol–water partition coefficient (Wildman–Crippen LogP) is 10.4. The van der Waals surface area contributed by atoms with E-state index in [-0.39, 0.29) is 34.7 Å². The fourth-order valence-corrected chi connectivity index (χ4v) is 10.9. The van der Waals surface area contributed by atoms with Gasteiger partial charge in [-0.1, -0.05) is 35.4 Å². The first-order valence-corrected chi connectivity index (χ1v) is 22.0. The largest absolute Gasteiger partial charge is 0.503 e. The predicted molar refractivity (Wildman–Crippen MR) is 243 cm³/mol. The van der Waals surface area contributed by atoms with Crippen LogP contribution in [-0.2, 0) is 24.6 Å². The molecule has 3 fully saturated rings. The molecule has 2 saturated heterocycles. The zero-order valence-corrected chi connectivity index (χ0v) is 37.9. The van der Waals surface area contributed by atoms with Crippen molar-refractivity contribution < 1.29 is 33.4 Å². The summed E-state index contributed by atoms with van der Waals surface area (Å²) in [7, 11) is 5.31. The number of amides is 4. The van der Waals surface area contributed by atoms with Crippen molar-refractivity contribution in [3.05, 3.63) is 146 Å². The van der Waals surface area contributed by atoms with Crippen LogP contribution in [-0.4, -0.2) is 54.9 Å². The van der Waals surface area contributed by atoms with E-state index in [0.717, 1.165) is 10.7 Å². The average Bonchev–Trinajstić information content (AvgIpc) is 3.66. The highest BCUT2D eigenvalue weighted by molar-refractivity contribution is 9.13. The number of methoxy groups -OCH3 is 1. The van der Waals surface area contributed by atoms with Gasteiger partial charge in [0, 0.05) is 35.2 Å². The summed E-state index contributed by atoms with van der Waals surface area (Å²) in [5, 5.41) is 21.2. The first kappa shape index (κ1) is 42.4. The third-order valence-electron chi connectivity index (χ3n) is 12.7. The van der Waals surface area contributed by atoms with Crippen molar-refractivity contribution in [3.8, 4) is 11.5 Å². The number of carbonyl (C=O) groups is 4. The highest BCUT2D eigenvalue weighted by Crippen LogP contribution is 2.66. The molecule has 4 amide bonds. The monoisotopic (exact) mass is 994 g/mol. The Morgan fingerprint density at radius 3 is 2.10 bits per heavy atom. The van der Waals surface area contributed by atoms with Crippen LogP contribution in [0.4, 0.5) is 32.8 Å². The van der Waals surface area contributed by atoms with E-state index in [1.165, 1.54) is 36.3 Å². The molecule has 0 bridgehead atoms. The van der Waals surface area contributed by atoms with E-state index >= 15 is 9.59 Å². The van der Waals surface area contributed by atoms with E-state index in [1.807, 2.05) is 49.3 Å². The number of nitrogens with one attached hydrogen (secondary N) is 1. The fourth-order valence-electron chi connectivity index (χ4n) is 9.83. The number of hydrogen-bond donors (Lipinski definition) is 2. The molecule has 6 atom stereocenters. The molecule has 2 aliphatic carbocycles. The van der Waals surface area contributed by atoms with Crippen LogP contribution in [0.3, 0.4) is 0 Å². The summed E-state index contributed by atoms with van der Waals surface area (Å²) >= 11 is 13.6. The minimum Gasteiger partial charge on any atom is -0.503 e. The summed E-state index contributed by atoms with van der Waals surface area (Å²) in [6.07, 6.45) is 2.15. The van der Waals surface area contributed by atoms with Crippen LogP contribution in [0.15, 0.2) is 134 Å². The zero-order chi connectivity index (χ0) is 44.5. The van der Waals surface area contributed by atoms with Crippen molar-refractivity contribution in [2.24, 2.45) is 33.9 Å². The van der Waals surface area contributed by atoms with Crippen molar-refractivity contribution in [3.63, 3.8) is 0 Å². The number of carbonyl (C=O) groups excluding carboxylic acids is 4. The molecule has 0 radical (unpaired) electrons. The van der Waals surface area contributed by atoms with Crippen molar-refractivity contribution in [2.45, 2.75) is 24.2 Å². The number of hydrogen-bond acceptors (Lipinski definition) is 10. The first-order chi connectivity index (χ1) is 30.2. The number of aromatic hydroxyl groups is 1. The molecule has 12 nitrogen and oxygen atoms in total. The maximum absolute atomic E-state index is 15.5. The van der Waals surface area contributed by atoms with E-state index in [4.69, 9.17) is 16.3 Å². The summed E-state index contributed by atoms with van der Waals surface area (Å²) in [6.45, 7) is 0. The number of allylic oxidation sites excluding steroid dienone is 2. The van der Waals surface area contributed by atoms with Crippen LogP contribution in [0, 0.1) is 29.5 Å². The lowest BCUT2D eigenvalue weighted by atomic mass is 9.49. The van der Waals surface area contributed by atoms with Gasteiger partial charge in [0.25, 0.3) is 11.8 Å². The Hall–Kier alpha value is -5.90. The molecule has 2 N–H and O–H groups in total. The Morgan fingerprint density at radius 2 is 1.48 bits per heavy atom. The number of benzene rings is 5. The fraction of sp³-hybridized carbons (Fsp3) is 0.234. The molecule has 2 heterocycles.